The maximum Gasteiger partial charge on any atom is 0.234 e. The van der Waals surface area contributed by atoms with E-state index in [4.69, 9.17) is 4.74 Å². The minimum atomic E-state index is 0.132. The molecule has 0 heterocycles. The Balaban J connectivity index is 3.63. The van der Waals surface area contributed by atoms with E-state index >= 15 is 0 Å². The fourth-order valence-corrected chi connectivity index (χ4v) is 5.40. The summed E-state index contributed by atoms with van der Waals surface area (Å²) in [7, 11) is 6.04. The molecule has 0 aliphatic rings. The first-order valence-electron chi connectivity index (χ1n) is 16.8. The minimum absolute atomic E-state index is 0.132. The van der Waals surface area contributed by atoms with Gasteiger partial charge in [-0.1, -0.05) is 72.1 Å². The molecule has 0 aromatic carbocycles. The molecule has 2 amide bonds. The zero-order chi connectivity index (χ0) is 30.7. The molecule has 244 valence electrons. The monoisotopic (exact) mass is 584 g/mol. The first-order chi connectivity index (χ1) is 19.6. The summed E-state index contributed by atoms with van der Waals surface area (Å²) < 4.78 is 6.06. The van der Waals surface area contributed by atoms with Gasteiger partial charge in [-0.15, -0.1) is 0 Å². The highest BCUT2D eigenvalue weighted by Crippen LogP contribution is 2.12. The zero-order valence-corrected chi connectivity index (χ0v) is 28.2. The van der Waals surface area contributed by atoms with Gasteiger partial charge in [0.05, 0.1) is 19.2 Å². The number of rotatable bonds is 29. The van der Waals surface area contributed by atoms with Gasteiger partial charge in [-0.3, -0.25) is 19.4 Å². The summed E-state index contributed by atoms with van der Waals surface area (Å²) in [4.78, 5) is 28.4. The average Bonchev–Trinajstić information content (AvgIpc) is 2.87. The number of carbonyl (C=O) groups excluding carboxylic acids is 2. The van der Waals surface area contributed by atoms with Gasteiger partial charge in [-0.2, -0.15) is 0 Å². The van der Waals surface area contributed by atoms with Crippen molar-refractivity contribution in [3.8, 4) is 0 Å². The van der Waals surface area contributed by atoms with Crippen molar-refractivity contribution >= 4 is 11.8 Å². The van der Waals surface area contributed by atoms with E-state index in [-0.39, 0.29) is 17.9 Å². The van der Waals surface area contributed by atoms with Gasteiger partial charge >= 0.3 is 0 Å². The molecule has 0 bridgehead atoms. The van der Waals surface area contributed by atoms with E-state index in [1.807, 2.05) is 21.1 Å². The van der Waals surface area contributed by atoms with E-state index in [0.717, 1.165) is 65.0 Å². The fourth-order valence-electron chi connectivity index (χ4n) is 5.40. The SMILES string of the molecule is CNCCCCCCCCNC(=O)CN(C)CC(C)CC(C)OCCCCCCCCNC(=O)CN(C)CC(C)C. The van der Waals surface area contributed by atoms with Crippen LogP contribution in [0.1, 0.15) is 111 Å². The summed E-state index contributed by atoms with van der Waals surface area (Å²) in [6, 6.07) is 0. The van der Waals surface area contributed by atoms with Crippen LogP contribution in [0.25, 0.3) is 0 Å². The summed E-state index contributed by atoms with van der Waals surface area (Å²) in [5.74, 6) is 1.33. The topological polar surface area (TPSA) is 85.9 Å². The largest absolute Gasteiger partial charge is 0.378 e. The Kier molecular flexibility index (Phi) is 26.8. The van der Waals surface area contributed by atoms with Crippen molar-refractivity contribution < 1.29 is 14.3 Å². The average molecular weight is 584 g/mol. The molecule has 0 aromatic heterocycles. The molecule has 0 saturated heterocycles. The molecule has 41 heavy (non-hydrogen) atoms. The number of nitrogens with one attached hydrogen (secondary N) is 3. The lowest BCUT2D eigenvalue weighted by molar-refractivity contribution is -0.122. The summed E-state index contributed by atoms with van der Waals surface area (Å²) in [6.07, 6.45) is 15.6. The van der Waals surface area contributed by atoms with E-state index in [2.05, 4.69) is 53.4 Å². The van der Waals surface area contributed by atoms with Crippen molar-refractivity contribution in [3.63, 3.8) is 0 Å². The van der Waals surface area contributed by atoms with E-state index in [1.165, 1.54) is 57.8 Å². The third-order valence-electron chi connectivity index (χ3n) is 7.33. The number of ether oxygens (including phenoxy) is 1. The van der Waals surface area contributed by atoms with E-state index in [9.17, 15) is 9.59 Å². The van der Waals surface area contributed by atoms with Gasteiger partial charge in [0.1, 0.15) is 0 Å². The highest BCUT2D eigenvalue weighted by molar-refractivity contribution is 5.78. The van der Waals surface area contributed by atoms with Gasteiger partial charge in [0.2, 0.25) is 11.8 Å². The first kappa shape index (κ1) is 39.8. The Hall–Kier alpha value is -1.22. The van der Waals surface area contributed by atoms with Gasteiger partial charge in [0.15, 0.2) is 0 Å². The van der Waals surface area contributed by atoms with Crippen LogP contribution in [0.15, 0.2) is 0 Å². The van der Waals surface area contributed by atoms with Crippen LogP contribution in [0, 0.1) is 11.8 Å². The lowest BCUT2D eigenvalue weighted by Crippen LogP contribution is -2.37. The van der Waals surface area contributed by atoms with Gasteiger partial charge in [0, 0.05) is 32.8 Å². The molecule has 0 spiro atoms. The standard InChI is InChI=1S/C33H69N5O3/c1-29(2)25-37(6)27-32(39)35-21-18-14-10-11-15-19-23-41-31(4)24-30(3)26-38(7)28-33(40)36-22-17-13-9-8-12-16-20-34-5/h29-31,34H,8-28H2,1-7H3,(H,35,39)(H,36,40). The van der Waals surface area contributed by atoms with Gasteiger partial charge < -0.3 is 20.7 Å². The second-order valence-corrected chi connectivity index (χ2v) is 12.9. The third kappa shape index (κ3) is 28.7. The van der Waals surface area contributed by atoms with Crippen molar-refractivity contribution in [1.82, 2.24) is 25.8 Å². The number of unbranched alkanes of at least 4 members (excludes halogenated alkanes) is 10. The molecular formula is C33H69N5O3. The maximum atomic E-state index is 12.3. The van der Waals surface area contributed by atoms with Crippen LogP contribution in [-0.2, 0) is 14.3 Å². The summed E-state index contributed by atoms with van der Waals surface area (Å²) in [6.45, 7) is 15.1. The highest BCUT2D eigenvalue weighted by Gasteiger charge is 2.14. The van der Waals surface area contributed by atoms with Crippen LogP contribution >= 0.6 is 0 Å². The summed E-state index contributed by atoms with van der Waals surface area (Å²) in [5.41, 5.74) is 0. The fraction of sp³-hybridized carbons (Fsp3) is 0.939. The van der Waals surface area contributed by atoms with E-state index < -0.39 is 0 Å². The number of likely N-dealkylation sites (N-methyl/N-ethyl adjacent to an activating group) is 2. The molecule has 2 unspecified atom stereocenters. The number of nitrogens with zero attached hydrogens (tertiary/aromatic N) is 2. The molecule has 0 fully saturated rings. The second kappa shape index (κ2) is 27.6. The second-order valence-electron chi connectivity index (χ2n) is 12.9. The van der Waals surface area contributed by atoms with Crippen LogP contribution < -0.4 is 16.0 Å². The molecule has 0 aliphatic heterocycles. The molecule has 8 heteroatoms. The van der Waals surface area contributed by atoms with Crippen molar-refractivity contribution in [2.24, 2.45) is 11.8 Å². The van der Waals surface area contributed by atoms with E-state index in [1.54, 1.807) is 0 Å². The molecule has 0 rings (SSSR count). The van der Waals surface area contributed by atoms with Crippen molar-refractivity contribution in [1.29, 1.82) is 0 Å². The van der Waals surface area contributed by atoms with Crippen LogP contribution in [-0.4, -0.2) is 101 Å². The molecule has 8 nitrogen and oxygen atoms in total. The number of hydrogen-bond acceptors (Lipinski definition) is 6. The Morgan fingerprint density at radius 3 is 1.56 bits per heavy atom. The normalized spacial score (nSPS) is 13.2. The summed E-state index contributed by atoms with van der Waals surface area (Å²) in [5, 5.41) is 9.31. The molecule has 2 atom stereocenters. The Labute approximate surface area is 254 Å². The Bertz CT molecular complexity index is 620. The van der Waals surface area contributed by atoms with Crippen molar-refractivity contribution in [2.75, 3.05) is 73.6 Å². The molecule has 0 radical (unpaired) electrons. The molecule has 0 aromatic rings. The smallest absolute Gasteiger partial charge is 0.234 e. The van der Waals surface area contributed by atoms with Gasteiger partial charge in [0.25, 0.3) is 0 Å². The zero-order valence-electron chi connectivity index (χ0n) is 28.2. The lowest BCUT2D eigenvalue weighted by atomic mass is 10.0. The van der Waals surface area contributed by atoms with Gasteiger partial charge in [-0.25, -0.2) is 0 Å². The molecular weight excluding hydrogens is 514 g/mol. The highest BCUT2D eigenvalue weighted by atomic mass is 16.5. The molecule has 0 aliphatic carbocycles. The lowest BCUT2D eigenvalue weighted by Gasteiger charge is -2.23. The predicted octanol–water partition coefficient (Wildman–Crippen LogP) is 5.07. The third-order valence-corrected chi connectivity index (χ3v) is 7.33. The van der Waals surface area contributed by atoms with Crippen LogP contribution in [0.2, 0.25) is 0 Å². The van der Waals surface area contributed by atoms with Crippen molar-refractivity contribution in [3.05, 3.63) is 0 Å². The van der Waals surface area contributed by atoms with E-state index in [0.29, 0.717) is 24.9 Å². The first-order valence-corrected chi connectivity index (χ1v) is 16.8. The quantitative estimate of drug-likeness (QED) is 0.107. The van der Waals surface area contributed by atoms with Crippen LogP contribution in [0.3, 0.4) is 0 Å². The predicted molar refractivity (Wildman–Crippen MR) is 174 cm³/mol. The number of carbonyl (C=O) groups is 2. The van der Waals surface area contributed by atoms with Crippen LogP contribution in [0.5, 0.6) is 0 Å². The Morgan fingerprint density at radius 1 is 0.634 bits per heavy atom. The Morgan fingerprint density at radius 2 is 1.07 bits per heavy atom. The van der Waals surface area contributed by atoms with Crippen molar-refractivity contribution in [2.45, 2.75) is 117 Å². The summed E-state index contributed by atoms with van der Waals surface area (Å²) >= 11 is 0. The minimum Gasteiger partial charge on any atom is -0.378 e. The van der Waals surface area contributed by atoms with Crippen LogP contribution in [0.4, 0.5) is 0 Å². The van der Waals surface area contributed by atoms with Gasteiger partial charge in [-0.05, 0) is 78.6 Å². The number of amides is 2. The number of hydrogen-bond donors (Lipinski definition) is 3. The molecule has 0 saturated carbocycles. The maximum absolute atomic E-state index is 12.3. The molecule has 3 N–H and O–H groups in total.